The van der Waals surface area contributed by atoms with Crippen LogP contribution in [-0.2, 0) is 0 Å². The zero-order valence-corrected chi connectivity index (χ0v) is 12.7. The molecule has 0 radical (unpaired) electrons. The topological polar surface area (TPSA) is 77.9 Å². The Morgan fingerprint density at radius 1 is 1.39 bits per heavy atom. The van der Waals surface area contributed by atoms with E-state index in [4.69, 9.17) is 5.53 Å². The predicted octanol–water partition coefficient (Wildman–Crippen LogP) is 4.03. The van der Waals surface area contributed by atoms with E-state index in [-0.39, 0.29) is 5.91 Å². The first-order valence-corrected chi connectivity index (χ1v) is 6.98. The van der Waals surface area contributed by atoms with Gasteiger partial charge < -0.3 is 5.32 Å². The molecule has 0 saturated heterocycles. The summed E-state index contributed by atoms with van der Waals surface area (Å²) in [6.45, 7) is 1.03. The van der Waals surface area contributed by atoms with Gasteiger partial charge in [-0.1, -0.05) is 21.0 Å². The molecular weight excluding hydrogens is 364 g/mol. The molecule has 18 heavy (non-hydrogen) atoms. The van der Waals surface area contributed by atoms with Crippen molar-refractivity contribution in [2.75, 3.05) is 13.1 Å². The van der Waals surface area contributed by atoms with Crippen LogP contribution in [-0.4, -0.2) is 19.0 Å². The Labute approximate surface area is 122 Å². The van der Waals surface area contributed by atoms with Crippen LogP contribution in [0.5, 0.6) is 0 Å². The average molecular weight is 376 g/mol. The van der Waals surface area contributed by atoms with Gasteiger partial charge in [0.05, 0.1) is 5.56 Å². The van der Waals surface area contributed by atoms with Gasteiger partial charge >= 0.3 is 0 Å². The molecule has 1 rings (SSSR count). The SMILES string of the molecule is [N-]=[N+]=NCCCCNC(=O)c1cc(Br)ccc1Br. The maximum atomic E-state index is 11.9. The molecule has 1 aromatic rings. The first-order chi connectivity index (χ1) is 8.65. The summed E-state index contributed by atoms with van der Waals surface area (Å²) in [4.78, 5) is 14.5. The normalized spacial score (nSPS) is 9.67. The number of hydrogen-bond donors (Lipinski definition) is 1. The summed E-state index contributed by atoms with van der Waals surface area (Å²) in [7, 11) is 0. The lowest BCUT2D eigenvalue weighted by Gasteiger charge is -2.06. The number of rotatable bonds is 6. The van der Waals surface area contributed by atoms with Gasteiger partial charge in [0.1, 0.15) is 0 Å². The van der Waals surface area contributed by atoms with Gasteiger partial charge in [0.25, 0.3) is 5.91 Å². The summed E-state index contributed by atoms with van der Waals surface area (Å²) < 4.78 is 1.62. The monoisotopic (exact) mass is 374 g/mol. The molecule has 0 aliphatic heterocycles. The zero-order valence-electron chi connectivity index (χ0n) is 9.57. The van der Waals surface area contributed by atoms with Crippen LogP contribution >= 0.6 is 31.9 Å². The number of halogens is 2. The third kappa shape index (κ3) is 5.08. The van der Waals surface area contributed by atoms with Crippen molar-refractivity contribution in [3.63, 3.8) is 0 Å². The molecule has 0 aromatic heterocycles. The second-order valence-corrected chi connectivity index (χ2v) is 5.31. The Hall–Kier alpha value is -1.04. The van der Waals surface area contributed by atoms with E-state index in [2.05, 4.69) is 47.2 Å². The molecule has 0 saturated carbocycles. The highest BCUT2D eigenvalue weighted by atomic mass is 79.9. The molecule has 0 atom stereocenters. The van der Waals surface area contributed by atoms with Crippen molar-refractivity contribution in [2.24, 2.45) is 5.11 Å². The minimum atomic E-state index is -0.119. The molecule has 1 N–H and O–H groups in total. The van der Waals surface area contributed by atoms with Crippen molar-refractivity contribution in [3.8, 4) is 0 Å². The van der Waals surface area contributed by atoms with E-state index in [1.54, 1.807) is 6.07 Å². The molecule has 7 heteroatoms. The van der Waals surface area contributed by atoms with Crippen LogP contribution in [0.2, 0.25) is 0 Å². The van der Waals surface area contributed by atoms with Gasteiger partial charge in [0.15, 0.2) is 0 Å². The number of azide groups is 1. The lowest BCUT2D eigenvalue weighted by Crippen LogP contribution is -2.24. The van der Waals surface area contributed by atoms with Gasteiger partial charge in [0.2, 0.25) is 0 Å². The van der Waals surface area contributed by atoms with Crippen molar-refractivity contribution in [3.05, 3.63) is 43.2 Å². The van der Waals surface area contributed by atoms with Crippen molar-refractivity contribution >= 4 is 37.8 Å². The molecule has 1 aromatic carbocycles. The number of nitrogens with one attached hydrogen (secondary N) is 1. The number of unbranched alkanes of at least 4 members (excludes halogenated alkanes) is 1. The Morgan fingerprint density at radius 3 is 2.89 bits per heavy atom. The standard InChI is InChI=1S/C11H12Br2N4O/c12-8-3-4-10(13)9(7-8)11(18)15-5-1-2-6-16-17-14/h3-4,7H,1-2,5-6H2,(H,15,18). The number of benzene rings is 1. The summed E-state index contributed by atoms with van der Waals surface area (Å²) >= 11 is 6.66. The number of amides is 1. The zero-order chi connectivity index (χ0) is 13.4. The predicted molar refractivity (Wildman–Crippen MR) is 77.4 cm³/mol. The second-order valence-electron chi connectivity index (χ2n) is 3.54. The Kier molecular flexibility index (Phi) is 6.78. The quantitative estimate of drug-likeness (QED) is 0.346. The molecule has 0 bridgehead atoms. The van der Waals surface area contributed by atoms with Crippen LogP contribution < -0.4 is 5.32 Å². The van der Waals surface area contributed by atoms with Crippen molar-refractivity contribution in [1.29, 1.82) is 0 Å². The van der Waals surface area contributed by atoms with Gasteiger partial charge in [-0.15, -0.1) is 0 Å². The van der Waals surface area contributed by atoms with E-state index in [0.717, 1.165) is 21.8 Å². The molecule has 96 valence electrons. The van der Waals surface area contributed by atoms with Crippen molar-refractivity contribution < 1.29 is 4.79 Å². The maximum Gasteiger partial charge on any atom is 0.252 e. The smallest absolute Gasteiger partial charge is 0.252 e. The van der Waals surface area contributed by atoms with E-state index < -0.39 is 0 Å². The molecule has 0 heterocycles. The molecule has 0 unspecified atom stereocenters. The first kappa shape index (κ1) is 15.0. The third-order valence-electron chi connectivity index (χ3n) is 2.21. The van der Waals surface area contributed by atoms with E-state index in [9.17, 15) is 4.79 Å². The fourth-order valence-corrected chi connectivity index (χ4v) is 2.11. The minimum absolute atomic E-state index is 0.119. The minimum Gasteiger partial charge on any atom is -0.352 e. The molecule has 1 amide bonds. The van der Waals surface area contributed by atoms with Crippen LogP contribution in [0.3, 0.4) is 0 Å². The molecule has 5 nitrogen and oxygen atoms in total. The fraction of sp³-hybridized carbons (Fsp3) is 0.364. The maximum absolute atomic E-state index is 11.9. The number of hydrogen-bond acceptors (Lipinski definition) is 2. The Bertz CT molecular complexity index is 472. The average Bonchev–Trinajstić information content (AvgIpc) is 2.36. The van der Waals surface area contributed by atoms with Gasteiger partial charge in [-0.25, -0.2) is 0 Å². The van der Waals surface area contributed by atoms with E-state index in [0.29, 0.717) is 18.7 Å². The molecule has 0 aliphatic carbocycles. The summed E-state index contributed by atoms with van der Waals surface area (Å²) in [5.41, 5.74) is 8.69. The van der Waals surface area contributed by atoms with Gasteiger partial charge in [0, 0.05) is 26.9 Å². The van der Waals surface area contributed by atoms with Gasteiger partial charge in [-0.05, 0) is 52.5 Å². The molecule has 0 fully saturated rings. The Balaban J connectivity index is 2.41. The highest BCUT2D eigenvalue weighted by Gasteiger charge is 2.09. The number of carbonyl (C=O) groups excluding carboxylic acids is 1. The Morgan fingerprint density at radius 2 is 2.17 bits per heavy atom. The van der Waals surface area contributed by atoms with Crippen LogP contribution in [0.4, 0.5) is 0 Å². The van der Waals surface area contributed by atoms with Crippen LogP contribution in [0.15, 0.2) is 32.3 Å². The summed E-state index contributed by atoms with van der Waals surface area (Å²) in [6, 6.07) is 5.45. The molecule has 0 spiro atoms. The largest absolute Gasteiger partial charge is 0.352 e. The first-order valence-electron chi connectivity index (χ1n) is 5.39. The highest BCUT2D eigenvalue weighted by Crippen LogP contribution is 2.21. The summed E-state index contributed by atoms with van der Waals surface area (Å²) in [5, 5.41) is 6.25. The molecular formula is C11H12Br2N4O. The van der Waals surface area contributed by atoms with Crippen molar-refractivity contribution in [2.45, 2.75) is 12.8 Å². The van der Waals surface area contributed by atoms with Crippen LogP contribution in [0.25, 0.3) is 10.4 Å². The number of carbonyl (C=O) groups is 1. The van der Waals surface area contributed by atoms with Gasteiger partial charge in [-0.2, -0.15) is 0 Å². The second kappa shape index (κ2) is 8.13. The summed E-state index contributed by atoms with van der Waals surface area (Å²) in [6.07, 6.45) is 1.56. The van der Waals surface area contributed by atoms with Crippen LogP contribution in [0, 0.1) is 0 Å². The fourth-order valence-electron chi connectivity index (χ4n) is 1.32. The lowest BCUT2D eigenvalue weighted by molar-refractivity contribution is 0.0952. The van der Waals surface area contributed by atoms with Crippen molar-refractivity contribution in [1.82, 2.24) is 5.32 Å². The number of nitrogens with zero attached hydrogens (tertiary/aromatic N) is 3. The van der Waals surface area contributed by atoms with E-state index in [1.165, 1.54) is 0 Å². The summed E-state index contributed by atoms with van der Waals surface area (Å²) in [5.74, 6) is -0.119. The lowest BCUT2D eigenvalue weighted by atomic mass is 10.2. The van der Waals surface area contributed by atoms with Gasteiger partial charge in [-0.3, -0.25) is 4.79 Å². The van der Waals surface area contributed by atoms with E-state index >= 15 is 0 Å². The molecule has 0 aliphatic rings. The third-order valence-corrected chi connectivity index (χ3v) is 3.39. The van der Waals surface area contributed by atoms with E-state index in [1.807, 2.05) is 12.1 Å². The van der Waals surface area contributed by atoms with Crippen LogP contribution in [0.1, 0.15) is 23.2 Å². The highest BCUT2D eigenvalue weighted by molar-refractivity contribution is 9.11.